The summed E-state index contributed by atoms with van der Waals surface area (Å²) in [6, 6.07) is 35.0. The molecule has 0 aliphatic carbocycles. The van der Waals surface area contributed by atoms with Crippen molar-refractivity contribution in [3.05, 3.63) is 121 Å². The van der Waals surface area contributed by atoms with Gasteiger partial charge < -0.3 is 21.4 Å². The van der Waals surface area contributed by atoms with E-state index in [-0.39, 0.29) is 22.8 Å². The topological polar surface area (TPSA) is 30.2 Å². The first-order valence-electron chi connectivity index (χ1n) is 9.58. The van der Waals surface area contributed by atoms with E-state index in [1.54, 1.807) is 18.4 Å². The van der Waals surface area contributed by atoms with Crippen LogP contribution in [0.2, 0.25) is 0 Å². The highest BCUT2D eigenvalue weighted by molar-refractivity contribution is 7.96. The zero-order valence-corrected chi connectivity index (χ0v) is 18.9. The maximum atomic E-state index is 13.2. The number of rotatable bonds is 7. The van der Waals surface area contributed by atoms with Crippen LogP contribution in [0.4, 0.5) is 0 Å². The Morgan fingerprint density at radius 2 is 1.17 bits per heavy atom. The molecule has 0 amide bonds. The molecule has 4 aromatic rings. The van der Waals surface area contributed by atoms with E-state index in [0.717, 1.165) is 0 Å². The van der Waals surface area contributed by atoms with Crippen molar-refractivity contribution in [3.8, 4) is 0 Å². The van der Waals surface area contributed by atoms with Crippen LogP contribution < -0.4 is 32.9 Å². The molecule has 0 N–H and O–H groups in total. The summed E-state index contributed by atoms with van der Waals surface area (Å²) in [7, 11) is -2.15. The SMILES string of the molecule is O=C(C=Cc1ccco1)C[P+](c1ccccc1)(c1ccccc1)c1ccccc1.[Br-]. The fourth-order valence-corrected chi connectivity index (χ4v) is 7.67. The van der Waals surface area contributed by atoms with Gasteiger partial charge in [-0.25, -0.2) is 0 Å². The molecule has 0 saturated carbocycles. The Balaban J connectivity index is 0.00000256. The predicted octanol–water partition coefficient (Wildman–Crippen LogP) is 1.86. The molecule has 0 atom stereocenters. The lowest BCUT2D eigenvalue weighted by Gasteiger charge is -2.26. The molecule has 0 spiro atoms. The normalized spacial score (nSPS) is 11.2. The Morgan fingerprint density at radius 1 is 0.700 bits per heavy atom. The first-order valence-corrected chi connectivity index (χ1v) is 11.6. The maximum Gasteiger partial charge on any atom is 0.194 e. The third kappa shape index (κ3) is 4.70. The fourth-order valence-electron chi connectivity index (χ4n) is 3.62. The minimum absolute atomic E-state index is 0. The summed E-state index contributed by atoms with van der Waals surface area (Å²) in [5.41, 5.74) is 0. The quantitative estimate of drug-likeness (QED) is 0.301. The number of benzene rings is 3. The molecule has 1 heterocycles. The molecule has 0 aliphatic rings. The largest absolute Gasteiger partial charge is 1.00 e. The van der Waals surface area contributed by atoms with Crippen molar-refractivity contribution in [3.63, 3.8) is 0 Å². The van der Waals surface area contributed by atoms with Gasteiger partial charge >= 0.3 is 0 Å². The molecule has 1 aromatic heterocycles. The van der Waals surface area contributed by atoms with Gasteiger partial charge in [0.25, 0.3) is 0 Å². The van der Waals surface area contributed by atoms with Crippen molar-refractivity contribution in [1.29, 1.82) is 0 Å². The second-order valence-electron chi connectivity index (χ2n) is 6.79. The minimum atomic E-state index is -2.15. The zero-order chi connectivity index (χ0) is 19.9. The Labute approximate surface area is 188 Å². The van der Waals surface area contributed by atoms with Gasteiger partial charge in [-0.05, 0) is 60.7 Å². The molecular formula is C26H22BrO2P. The summed E-state index contributed by atoms with van der Waals surface area (Å²) >= 11 is 0. The third-order valence-corrected chi connectivity index (χ3v) is 9.29. The Morgan fingerprint density at radius 3 is 1.57 bits per heavy atom. The highest BCUT2D eigenvalue weighted by Crippen LogP contribution is 2.55. The number of allylic oxidation sites excluding steroid dienone is 1. The second-order valence-corrected chi connectivity index (χ2v) is 10.3. The van der Waals surface area contributed by atoms with E-state index in [1.165, 1.54) is 15.9 Å². The Kier molecular flexibility index (Phi) is 7.57. The van der Waals surface area contributed by atoms with Gasteiger partial charge in [0.05, 0.1) is 6.26 Å². The summed E-state index contributed by atoms with van der Waals surface area (Å²) in [6.45, 7) is 0. The smallest absolute Gasteiger partial charge is 0.194 e. The van der Waals surface area contributed by atoms with Crippen LogP contribution in [0.3, 0.4) is 0 Å². The average molecular weight is 477 g/mol. The van der Waals surface area contributed by atoms with Gasteiger partial charge in [0.2, 0.25) is 0 Å². The number of carbonyl (C=O) groups excluding carboxylic acids is 1. The molecule has 30 heavy (non-hydrogen) atoms. The van der Waals surface area contributed by atoms with Crippen LogP contribution >= 0.6 is 7.26 Å². The lowest BCUT2D eigenvalue weighted by Crippen LogP contribution is -3.00. The highest BCUT2D eigenvalue weighted by atomic mass is 79.9. The number of hydrogen-bond acceptors (Lipinski definition) is 2. The number of furan rings is 1. The lowest BCUT2D eigenvalue weighted by molar-refractivity contribution is -0.112. The van der Waals surface area contributed by atoms with Crippen molar-refractivity contribution < 1.29 is 26.2 Å². The summed E-state index contributed by atoms with van der Waals surface area (Å²) in [5, 5.41) is 3.62. The zero-order valence-electron chi connectivity index (χ0n) is 16.4. The number of ketones is 1. The van der Waals surface area contributed by atoms with Crippen LogP contribution in [0.5, 0.6) is 0 Å². The monoisotopic (exact) mass is 476 g/mol. The molecule has 0 bridgehead atoms. The molecule has 0 fully saturated rings. The van der Waals surface area contributed by atoms with E-state index in [4.69, 9.17) is 4.42 Å². The van der Waals surface area contributed by atoms with E-state index < -0.39 is 7.26 Å². The predicted molar refractivity (Wildman–Crippen MR) is 123 cm³/mol. The molecule has 3 aromatic carbocycles. The molecule has 0 unspecified atom stereocenters. The highest BCUT2D eigenvalue weighted by Gasteiger charge is 2.46. The molecular weight excluding hydrogens is 455 g/mol. The molecule has 0 saturated heterocycles. The van der Waals surface area contributed by atoms with Crippen molar-refractivity contribution in [2.75, 3.05) is 6.16 Å². The molecule has 0 radical (unpaired) electrons. The van der Waals surface area contributed by atoms with Gasteiger partial charge in [0.1, 0.15) is 35.1 Å². The van der Waals surface area contributed by atoms with Gasteiger partial charge in [-0.3, -0.25) is 4.79 Å². The van der Waals surface area contributed by atoms with Crippen molar-refractivity contribution in [2.45, 2.75) is 0 Å². The summed E-state index contributed by atoms with van der Waals surface area (Å²) in [6.07, 6.45) is 5.43. The number of halogens is 1. The van der Waals surface area contributed by atoms with E-state index in [1.807, 2.05) is 30.3 Å². The van der Waals surface area contributed by atoms with Crippen molar-refractivity contribution in [2.24, 2.45) is 0 Å². The van der Waals surface area contributed by atoms with Gasteiger partial charge in [0.15, 0.2) is 5.78 Å². The first-order chi connectivity index (χ1) is 14.3. The van der Waals surface area contributed by atoms with Crippen molar-refractivity contribution >= 4 is 35.0 Å². The summed E-state index contributed by atoms with van der Waals surface area (Å²) in [5.74, 6) is 0.771. The number of hydrogen-bond donors (Lipinski definition) is 0. The first kappa shape index (κ1) is 22.0. The van der Waals surface area contributed by atoms with Crippen LogP contribution in [-0.2, 0) is 4.79 Å². The van der Waals surface area contributed by atoms with Gasteiger partial charge in [-0.15, -0.1) is 0 Å². The van der Waals surface area contributed by atoms with Crippen LogP contribution in [0.1, 0.15) is 5.76 Å². The third-order valence-electron chi connectivity index (χ3n) is 4.96. The number of carbonyl (C=O) groups is 1. The molecule has 4 heteroatoms. The van der Waals surface area contributed by atoms with Crippen LogP contribution in [0, 0.1) is 0 Å². The molecule has 4 rings (SSSR count). The second kappa shape index (κ2) is 10.3. The molecule has 2 nitrogen and oxygen atoms in total. The van der Waals surface area contributed by atoms with Gasteiger partial charge in [0, 0.05) is 0 Å². The Hall–Kier alpha value is -2.74. The van der Waals surface area contributed by atoms with Crippen LogP contribution in [-0.4, -0.2) is 11.9 Å². The maximum absolute atomic E-state index is 13.2. The molecule has 150 valence electrons. The Bertz CT molecular complexity index is 979. The van der Waals surface area contributed by atoms with E-state index >= 15 is 0 Å². The van der Waals surface area contributed by atoms with Crippen LogP contribution in [0.25, 0.3) is 6.08 Å². The molecule has 0 aliphatic heterocycles. The van der Waals surface area contributed by atoms with Crippen molar-refractivity contribution in [1.82, 2.24) is 0 Å². The van der Waals surface area contributed by atoms with E-state index in [9.17, 15) is 4.79 Å². The van der Waals surface area contributed by atoms with Gasteiger partial charge in [-0.1, -0.05) is 54.6 Å². The van der Waals surface area contributed by atoms with Gasteiger partial charge in [-0.2, -0.15) is 0 Å². The average Bonchev–Trinajstić information content (AvgIpc) is 3.32. The lowest BCUT2D eigenvalue weighted by atomic mass is 10.3. The summed E-state index contributed by atoms with van der Waals surface area (Å²) < 4.78 is 5.34. The standard InChI is InChI=1S/C26H22O2P.BrH/c27-22(18-19-23-11-10-20-28-23)21-29(24-12-4-1-5-13-24,25-14-6-2-7-15-25)26-16-8-3-9-17-26;/h1-20H,21H2;1H/q+1;/p-1. The van der Waals surface area contributed by atoms with Crippen LogP contribution in [0.15, 0.2) is 120 Å². The minimum Gasteiger partial charge on any atom is -1.00 e. The summed E-state index contributed by atoms with van der Waals surface area (Å²) in [4.78, 5) is 13.2. The van der Waals surface area contributed by atoms with E-state index in [0.29, 0.717) is 11.9 Å². The fraction of sp³-hybridized carbons (Fsp3) is 0.0385. The van der Waals surface area contributed by atoms with E-state index in [2.05, 4.69) is 72.8 Å².